The highest BCUT2D eigenvalue weighted by Gasteiger charge is 2.13. The highest BCUT2D eigenvalue weighted by atomic mass is 79.9. The van der Waals surface area contributed by atoms with Crippen LogP contribution in [0.2, 0.25) is 0 Å². The highest BCUT2D eigenvalue weighted by molar-refractivity contribution is 9.10. The molecule has 0 radical (unpaired) electrons. The molecule has 0 spiro atoms. The minimum absolute atomic E-state index is 0.298. The predicted octanol–water partition coefficient (Wildman–Crippen LogP) is 3.22. The van der Waals surface area contributed by atoms with Gasteiger partial charge in [-0.15, -0.1) is 11.3 Å². The Morgan fingerprint density at radius 1 is 1.44 bits per heavy atom. The van der Waals surface area contributed by atoms with Crippen LogP contribution in [0.4, 0.5) is 10.7 Å². The normalized spacial score (nSPS) is 9.78. The van der Waals surface area contributed by atoms with Gasteiger partial charge in [0.05, 0.1) is 11.1 Å². The van der Waals surface area contributed by atoms with Crippen LogP contribution in [-0.2, 0) is 0 Å². The molecule has 3 N–H and O–H groups in total. The molecule has 1 aromatic carbocycles. The number of carbonyl (C=O) groups is 1. The standard InChI is InChI=1S/C12H8BrN3OS/c13-10-2-1-8(15)5-9(10)11(17)16-12-7(6-14)3-4-18-12/h1-5H,15H2,(H,16,17). The van der Waals surface area contributed by atoms with Crippen molar-refractivity contribution < 1.29 is 4.79 Å². The molecule has 0 atom stereocenters. The maximum absolute atomic E-state index is 12.1. The Hall–Kier alpha value is -1.84. The summed E-state index contributed by atoms with van der Waals surface area (Å²) >= 11 is 4.60. The Kier molecular flexibility index (Phi) is 3.65. The lowest BCUT2D eigenvalue weighted by atomic mass is 10.2. The smallest absolute Gasteiger partial charge is 0.257 e. The van der Waals surface area contributed by atoms with E-state index < -0.39 is 0 Å². The van der Waals surface area contributed by atoms with Gasteiger partial charge in [0.25, 0.3) is 5.91 Å². The van der Waals surface area contributed by atoms with Gasteiger partial charge >= 0.3 is 0 Å². The zero-order valence-electron chi connectivity index (χ0n) is 9.11. The first-order chi connectivity index (χ1) is 8.61. The quantitative estimate of drug-likeness (QED) is 0.833. The van der Waals surface area contributed by atoms with Crippen LogP contribution in [0.5, 0.6) is 0 Å². The molecule has 0 aliphatic rings. The van der Waals surface area contributed by atoms with Crippen molar-refractivity contribution in [2.24, 2.45) is 0 Å². The van der Waals surface area contributed by atoms with Gasteiger partial charge in [0, 0.05) is 10.2 Å². The number of amides is 1. The summed E-state index contributed by atoms with van der Waals surface area (Å²) in [7, 11) is 0. The fraction of sp³-hybridized carbons (Fsp3) is 0. The van der Waals surface area contributed by atoms with Crippen molar-refractivity contribution in [3.8, 4) is 6.07 Å². The van der Waals surface area contributed by atoms with Crippen LogP contribution in [0.1, 0.15) is 15.9 Å². The highest BCUT2D eigenvalue weighted by Crippen LogP contribution is 2.25. The Bertz CT molecular complexity index is 645. The second-order valence-corrected chi connectivity index (χ2v) is 5.24. The molecule has 0 unspecified atom stereocenters. The lowest BCUT2D eigenvalue weighted by molar-refractivity contribution is 0.102. The number of hydrogen-bond acceptors (Lipinski definition) is 4. The van der Waals surface area contributed by atoms with Crippen molar-refractivity contribution in [1.82, 2.24) is 0 Å². The number of anilines is 2. The number of hydrogen-bond donors (Lipinski definition) is 2. The molecule has 0 fully saturated rings. The first-order valence-corrected chi connectivity index (χ1v) is 6.63. The summed E-state index contributed by atoms with van der Waals surface area (Å²) in [6.45, 7) is 0. The molecule has 18 heavy (non-hydrogen) atoms. The van der Waals surface area contributed by atoms with Gasteiger partial charge in [-0.05, 0) is 45.6 Å². The number of nitriles is 1. The summed E-state index contributed by atoms with van der Waals surface area (Å²) in [6.07, 6.45) is 0. The summed E-state index contributed by atoms with van der Waals surface area (Å²) in [6, 6.07) is 8.67. The number of thiophene rings is 1. The lowest BCUT2D eigenvalue weighted by Gasteiger charge is -2.06. The van der Waals surface area contributed by atoms with Crippen molar-refractivity contribution in [3.05, 3.63) is 45.2 Å². The first-order valence-electron chi connectivity index (χ1n) is 4.96. The maximum atomic E-state index is 12.1. The number of nitrogen functional groups attached to an aromatic ring is 1. The molecule has 90 valence electrons. The van der Waals surface area contributed by atoms with Gasteiger partial charge in [-0.25, -0.2) is 0 Å². The van der Waals surface area contributed by atoms with E-state index in [0.29, 0.717) is 26.3 Å². The van der Waals surface area contributed by atoms with Gasteiger partial charge in [-0.3, -0.25) is 4.79 Å². The predicted molar refractivity (Wildman–Crippen MR) is 75.5 cm³/mol. The van der Waals surface area contributed by atoms with E-state index in [1.807, 2.05) is 6.07 Å². The van der Waals surface area contributed by atoms with Crippen LogP contribution in [0.15, 0.2) is 34.1 Å². The lowest BCUT2D eigenvalue weighted by Crippen LogP contribution is -2.12. The van der Waals surface area contributed by atoms with Gasteiger partial charge in [-0.2, -0.15) is 5.26 Å². The van der Waals surface area contributed by atoms with E-state index in [4.69, 9.17) is 11.0 Å². The molecular weight excluding hydrogens is 314 g/mol. The Balaban J connectivity index is 2.28. The first kappa shape index (κ1) is 12.6. The van der Waals surface area contributed by atoms with E-state index in [-0.39, 0.29) is 5.91 Å². The minimum Gasteiger partial charge on any atom is -0.399 e. The van der Waals surface area contributed by atoms with E-state index in [2.05, 4.69) is 21.2 Å². The molecule has 1 amide bonds. The number of nitrogens with zero attached hydrogens (tertiary/aromatic N) is 1. The van der Waals surface area contributed by atoms with Crippen LogP contribution >= 0.6 is 27.3 Å². The van der Waals surface area contributed by atoms with Gasteiger partial charge in [-0.1, -0.05) is 0 Å². The average molecular weight is 322 g/mol. The van der Waals surface area contributed by atoms with Crippen LogP contribution in [0, 0.1) is 11.3 Å². The zero-order chi connectivity index (χ0) is 13.1. The molecule has 2 rings (SSSR count). The van der Waals surface area contributed by atoms with Gasteiger partial charge < -0.3 is 11.1 Å². The zero-order valence-corrected chi connectivity index (χ0v) is 11.5. The molecule has 0 saturated heterocycles. The summed E-state index contributed by atoms with van der Waals surface area (Å²) < 4.78 is 0.657. The fourth-order valence-electron chi connectivity index (χ4n) is 1.38. The molecule has 1 heterocycles. The summed E-state index contributed by atoms with van der Waals surface area (Å²) in [5.41, 5.74) is 7.04. The van der Waals surface area contributed by atoms with Gasteiger partial charge in [0.1, 0.15) is 11.1 Å². The topological polar surface area (TPSA) is 78.9 Å². The van der Waals surface area contributed by atoms with Crippen molar-refractivity contribution in [3.63, 3.8) is 0 Å². The minimum atomic E-state index is -0.298. The van der Waals surface area contributed by atoms with Crippen molar-refractivity contribution in [1.29, 1.82) is 5.26 Å². The maximum Gasteiger partial charge on any atom is 0.257 e. The fourth-order valence-corrected chi connectivity index (χ4v) is 2.54. The monoisotopic (exact) mass is 321 g/mol. The molecule has 6 heteroatoms. The molecule has 0 bridgehead atoms. The van der Waals surface area contributed by atoms with Crippen LogP contribution in [-0.4, -0.2) is 5.91 Å². The Morgan fingerprint density at radius 3 is 2.94 bits per heavy atom. The third-order valence-electron chi connectivity index (χ3n) is 2.25. The average Bonchev–Trinajstić information content (AvgIpc) is 2.79. The Morgan fingerprint density at radius 2 is 2.22 bits per heavy atom. The SMILES string of the molecule is N#Cc1ccsc1NC(=O)c1cc(N)ccc1Br. The van der Waals surface area contributed by atoms with Gasteiger partial charge in [0.2, 0.25) is 0 Å². The third kappa shape index (κ3) is 2.53. The number of carbonyl (C=O) groups excluding carboxylic acids is 1. The number of rotatable bonds is 2. The van der Waals surface area contributed by atoms with E-state index in [1.165, 1.54) is 11.3 Å². The van der Waals surface area contributed by atoms with Crippen LogP contribution < -0.4 is 11.1 Å². The van der Waals surface area contributed by atoms with E-state index in [1.54, 1.807) is 29.6 Å². The van der Waals surface area contributed by atoms with E-state index >= 15 is 0 Å². The second kappa shape index (κ2) is 5.21. The number of halogens is 1. The number of nitrogens with two attached hydrogens (primary N) is 1. The molecule has 1 aromatic heterocycles. The van der Waals surface area contributed by atoms with Gasteiger partial charge in [0.15, 0.2) is 0 Å². The summed E-state index contributed by atoms with van der Waals surface area (Å²) in [4.78, 5) is 12.1. The second-order valence-electron chi connectivity index (χ2n) is 3.47. The molecular formula is C12H8BrN3OS. The van der Waals surface area contributed by atoms with E-state index in [9.17, 15) is 4.79 Å². The van der Waals surface area contributed by atoms with Crippen LogP contribution in [0.25, 0.3) is 0 Å². The van der Waals surface area contributed by atoms with Crippen LogP contribution in [0.3, 0.4) is 0 Å². The van der Waals surface area contributed by atoms with Crippen molar-refractivity contribution in [2.75, 3.05) is 11.1 Å². The van der Waals surface area contributed by atoms with E-state index in [0.717, 1.165) is 0 Å². The molecule has 0 aliphatic heterocycles. The molecule has 0 aliphatic carbocycles. The van der Waals surface area contributed by atoms with Crippen molar-refractivity contribution in [2.45, 2.75) is 0 Å². The van der Waals surface area contributed by atoms with Crippen molar-refractivity contribution >= 4 is 43.9 Å². The molecule has 0 saturated carbocycles. The number of nitrogens with one attached hydrogen (secondary N) is 1. The largest absolute Gasteiger partial charge is 0.399 e. The summed E-state index contributed by atoms with van der Waals surface area (Å²) in [5.74, 6) is -0.298. The Labute approximate surface area is 116 Å². The molecule has 4 nitrogen and oxygen atoms in total. The molecule has 2 aromatic rings. The number of benzene rings is 1. The summed E-state index contributed by atoms with van der Waals surface area (Å²) in [5, 5.41) is 13.9. The third-order valence-corrected chi connectivity index (χ3v) is 3.77.